The van der Waals surface area contributed by atoms with Crippen molar-refractivity contribution in [2.75, 3.05) is 11.9 Å². The molecule has 1 amide bonds. The average Bonchev–Trinajstić information content (AvgIpc) is 2.15. The molecular formula is C11H14BrN3O. The lowest BCUT2D eigenvalue weighted by Gasteiger charge is -2.26. The molecule has 0 spiro atoms. The van der Waals surface area contributed by atoms with Gasteiger partial charge >= 0.3 is 0 Å². The molecule has 2 N–H and O–H groups in total. The van der Waals surface area contributed by atoms with Crippen molar-refractivity contribution in [1.29, 1.82) is 0 Å². The van der Waals surface area contributed by atoms with E-state index in [1.807, 2.05) is 12.1 Å². The molecule has 1 heterocycles. The zero-order valence-corrected chi connectivity index (χ0v) is 10.5. The molecule has 0 saturated heterocycles. The van der Waals surface area contributed by atoms with Gasteiger partial charge in [-0.15, -0.1) is 0 Å². The molecule has 0 atom stereocenters. The first-order chi connectivity index (χ1) is 7.74. The summed E-state index contributed by atoms with van der Waals surface area (Å²) in [4.78, 5) is 15.7. The largest absolute Gasteiger partial charge is 0.310 e. The highest BCUT2D eigenvalue weighted by molar-refractivity contribution is 9.10. The van der Waals surface area contributed by atoms with Gasteiger partial charge in [-0.05, 0) is 40.9 Å². The van der Waals surface area contributed by atoms with Gasteiger partial charge in [-0.25, -0.2) is 4.98 Å². The highest BCUT2D eigenvalue weighted by Gasteiger charge is 2.17. The van der Waals surface area contributed by atoms with E-state index in [1.54, 1.807) is 6.07 Å². The Morgan fingerprint density at radius 2 is 2.31 bits per heavy atom. The monoisotopic (exact) mass is 283 g/mol. The van der Waals surface area contributed by atoms with E-state index >= 15 is 0 Å². The second-order valence-electron chi connectivity index (χ2n) is 3.90. The molecule has 2 rings (SSSR count). The molecule has 1 saturated carbocycles. The van der Waals surface area contributed by atoms with Crippen LogP contribution in [0.2, 0.25) is 0 Å². The third-order valence-corrected chi connectivity index (χ3v) is 3.08. The fraction of sp³-hybridized carbons (Fsp3) is 0.455. The first-order valence-electron chi connectivity index (χ1n) is 5.40. The minimum absolute atomic E-state index is 0.0440. The zero-order chi connectivity index (χ0) is 11.4. The average molecular weight is 284 g/mol. The van der Waals surface area contributed by atoms with Gasteiger partial charge in [-0.1, -0.05) is 12.5 Å². The molecule has 0 aromatic carbocycles. The van der Waals surface area contributed by atoms with Gasteiger partial charge < -0.3 is 10.6 Å². The number of hydrogen-bond donors (Lipinski definition) is 2. The fourth-order valence-corrected chi connectivity index (χ4v) is 1.86. The van der Waals surface area contributed by atoms with Crippen molar-refractivity contribution in [3.63, 3.8) is 0 Å². The van der Waals surface area contributed by atoms with E-state index in [2.05, 4.69) is 31.5 Å². The quantitative estimate of drug-likeness (QED) is 0.831. The van der Waals surface area contributed by atoms with E-state index < -0.39 is 0 Å². The maximum absolute atomic E-state index is 11.5. The Balaban J connectivity index is 1.77. The molecule has 4 nitrogen and oxygen atoms in total. The number of pyridine rings is 1. The number of anilines is 1. The number of halogens is 1. The summed E-state index contributed by atoms with van der Waals surface area (Å²) in [5.41, 5.74) is 0. The molecule has 86 valence electrons. The molecule has 1 aromatic heterocycles. The number of hydrogen-bond acceptors (Lipinski definition) is 3. The van der Waals surface area contributed by atoms with E-state index in [-0.39, 0.29) is 5.91 Å². The lowest BCUT2D eigenvalue weighted by atomic mass is 9.93. The topological polar surface area (TPSA) is 54.0 Å². The van der Waals surface area contributed by atoms with Crippen LogP contribution in [0.1, 0.15) is 19.3 Å². The number of aromatic nitrogens is 1. The van der Waals surface area contributed by atoms with E-state index in [0.29, 0.717) is 18.4 Å². The van der Waals surface area contributed by atoms with Gasteiger partial charge in [0.15, 0.2) is 0 Å². The van der Waals surface area contributed by atoms with E-state index in [9.17, 15) is 4.79 Å². The SMILES string of the molecule is O=C(CNC1CCC1)Nc1cccc(Br)n1. The second-order valence-corrected chi connectivity index (χ2v) is 4.71. The van der Waals surface area contributed by atoms with E-state index in [0.717, 1.165) is 4.60 Å². The zero-order valence-electron chi connectivity index (χ0n) is 8.87. The Bertz CT molecular complexity index is 379. The molecule has 0 bridgehead atoms. The first kappa shape index (κ1) is 11.5. The van der Waals surface area contributed by atoms with Gasteiger partial charge in [-0.3, -0.25) is 4.79 Å². The molecule has 5 heteroatoms. The van der Waals surface area contributed by atoms with Crippen LogP contribution in [0.4, 0.5) is 5.82 Å². The third-order valence-electron chi connectivity index (χ3n) is 2.64. The molecule has 1 aliphatic carbocycles. The number of rotatable bonds is 4. The Hall–Kier alpha value is -0.940. The van der Waals surface area contributed by atoms with Crippen LogP contribution in [0.5, 0.6) is 0 Å². The Labute approximate surface area is 103 Å². The van der Waals surface area contributed by atoms with Gasteiger partial charge in [0.05, 0.1) is 6.54 Å². The van der Waals surface area contributed by atoms with Gasteiger partial charge in [0.25, 0.3) is 0 Å². The summed E-state index contributed by atoms with van der Waals surface area (Å²) in [5, 5.41) is 5.95. The smallest absolute Gasteiger partial charge is 0.239 e. The van der Waals surface area contributed by atoms with E-state index in [1.165, 1.54) is 19.3 Å². The fourth-order valence-electron chi connectivity index (χ4n) is 1.51. The molecular weight excluding hydrogens is 270 g/mol. The van der Waals surface area contributed by atoms with Crippen molar-refractivity contribution in [2.45, 2.75) is 25.3 Å². The molecule has 1 aliphatic rings. The van der Waals surface area contributed by atoms with Gasteiger partial charge in [0.1, 0.15) is 10.4 Å². The summed E-state index contributed by atoms with van der Waals surface area (Å²) < 4.78 is 0.720. The maximum atomic E-state index is 11.5. The maximum Gasteiger partial charge on any atom is 0.239 e. The Morgan fingerprint density at radius 1 is 1.50 bits per heavy atom. The minimum Gasteiger partial charge on any atom is -0.310 e. The summed E-state index contributed by atoms with van der Waals surface area (Å²) in [6.07, 6.45) is 3.64. The van der Waals surface area contributed by atoms with Crippen LogP contribution < -0.4 is 10.6 Å². The highest BCUT2D eigenvalue weighted by Crippen LogP contribution is 2.17. The van der Waals surface area contributed by atoms with Gasteiger partial charge in [-0.2, -0.15) is 0 Å². The molecule has 0 aliphatic heterocycles. The lowest BCUT2D eigenvalue weighted by Crippen LogP contribution is -2.40. The number of amides is 1. The lowest BCUT2D eigenvalue weighted by molar-refractivity contribution is -0.115. The van der Waals surface area contributed by atoms with Crippen LogP contribution in [0.3, 0.4) is 0 Å². The second kappa shape index (κ2) is 5.41. The summed E-state index contributed by atoms with van der Waals surface area (Å²) in [6.45, 7) is 0.360. The van der Waals surface area contributed by atoms with Crippen LogP contribution in [0, 0.1) is 0 Å². The molecule has 1 fully saturated rings. The number of carbonyl (C=O) groups excluding carboxylic acids is 1. The van der Waals surface area contributed by atoms with Gasteiger partial charge in [0.2, 0.25) is 5.91 Å². The van der Waals surface area contributed by atoms with Crippen molar-refractivity contribution in [1.82, 2.24) is 10.3 Å². The summed E-state index contributed by atoms with van der Waals surface area (Å²) in [5.74, 6) is 0.535. The minimum atomic E-state index is -0.0440. The number of nitrogens with zero attached hydrogens (tertiary/aromatic N) is 1. The van der Waals surface area contributed by atoms with Crippen LogP contribution in [-0.4, -0.2) is 23.5 Å². The highest BCUT2D eigenvalue weighted by atomic mass is 79.9. The van der Waals surface area contributed by atoms with Crippen molar-refractivity contribution in [3.8, 4) is 0 Å². The normalized spacial score (nSPS) is 15.6. The van der Waals surface area contributed by atoms with E-state index in [4.69, 9.17) is 0 Å². The summed E-state index contributed by atoms with van der Waals surface area (Å²) in [7, 11) is 0. The molecule has 0 unspecified atom stereocenters. The predicted octanol–water partition coefficient (Wildman–Crippen LogP) is 1.92. The van der Waals surface area contributed by atoms with Crippen LogP contribution in [0.25, 0.3) is 0 Å². The van der Waals surface area contributed by atoms with Crippen LogP contribution in [0.15, 0.2) is 22.8 Å². The summed E-state index contributed by atoms with van der Waals surface area (Å²) >= 11 is 3.26. The molecule has 0 radical (unpaired) electrons. The van der Waals surface area contributed by atoms with Crippen molar-refractivity contribution in [2.24, 2.45) is 0 Å². The van der Waals surface area contributed by atoms with Gasteiger partial charge in [0, 0.05) is 6.04 Å². The standard InChI is InChI=1S/C11H14BrN3O/c12-9-5-2-6-10(14-9)15-11(16)7-13-8-3-1-4-8/h2,5-6,8,13H,1,3-4,7H2,(H,14,15,16). The van der Waals surface area contributed by atoms with Crippen molar-refractivity contribution in [3.05, 3.63) is 22.8 Å². The summed E-state index contributed by atoms with van der Waals surface area (Å²) in [6, 6.07) is 5.96. The van der Waals surface area contributed by atoms with Crippen molar-refractivity contribution < 1.29 is 4.79 Å². The van der Waals surface area contributed by atoms with Crippen LogP contribution >= 0.6 is 15.9 Å². The Morgan fingerprint density at radius 3 is 2.94 bits per heavy atom. The number of nitrogens with one attached hydrogen (secondary N) is 2. The molecule has 16 heavy (non-hydrogen) atoms. The first-order valence-corrected chi connectivity index (χ1v) is 6.19. The predicted molar refractivity (Wildman–Crippen MR) is 66.2 cm³/mol. The Kier molecular flexibility index (Phi) is 3.90. The molecule has 1 aromatic rings. The third kappa shape index (κ3) is 3.28. The van der Waals surface area contributed by atoms with Crippen molar-refractivity contribution >= 4 is 27.7 Å². The van der Waals surface area contributed by atoms with Crippen LogP contribution in [-0.2, 0) is 4.79 Å². The number of carbonyl (C=O) groups is 1.